The number of hydrogen-bond donors (Lipinski definition) is 3. The summed E-state index contributed by atoms with van der Waals surface area (Å²) in [4.78, 5) is 76.5. The molecule has 422 valence electrons. The first-order valence-electron chi connectivity index (χ1n) is 25.8. The van der Waals surface area contributed by atoms with Crippen molar-refractivity contribution in [3.63, 3.8) is 0 Å². The number of nitrogens with one attached hydrogen (secondary N) is 2. The topological polar surface area (TPSA) is 213 Å². The molecule has 17 nitrogen and oxygen atoms in total. The number of thiocarbonyl (C=S) groups is 1. The van der Waals surface area contributed by atoms with Crippen molar-refractivity contribution in [3.8, 4) is 34.6 Å². The Kier molecular flexibility index (Phi) is 20.8. The Labute approximate surface area is 467 Å². The highest BCUT2D eigenvalue weighted by molar-refractivity contribution is 7.81. The number of nitrogens with zero attached hydrogens (tertiary/aromatic N) is 5. The molecule has 3 heterocycles. The van der Waals surface area contributed by atoms with Gasteiger partial charge < -0.3 is 44.5 Å². The normalized spacial score (nSPS) is 17.4. The molecule has 79 heavy (non-hydrogen) atoms. The second-order valence-corrected chi connectivity index (χ2v) is 22.0. The van der Waals surface area contributed by atoms with Crippen LogP contribution in [0.2, 0.25) is 0 Å². The van der Waals surface area contributed by atoms with E-state index >= 15 is 0 Å². The first-order chi connectivity index (χ1) is 37.3. The molecule has 3 aromatic carbocycles. The molecule has 4 amide bonds. The Hall–Kier alpha value is -6.95. The van der Waals surface area contributed by atoms with Gasteiger partial charge in [0.15, 0.2) is 5.11 Å². The summed E-state index contributed by atoms with van der Waals surface area (Å²) < 4.78 is 64.5. The second kappa shape index (κ2) is 26.8. The number of aliphatic hydroxyl groups is 1. The molecule has 4 aromatic rings. The molecular formula is C57H66F3N7O10S2. The summed E-state index contributed by atoms with van der Waals surface area (Å²) in [6, 6.07) is 16.6. The summed E-state index contributed by atoms with van der Waals surface area (Å²) in [6.45, 7) is 12.7. The van der Waals surface area contributed by atoms with E-state index in [1.807, 2.05) is 38.1 Å². The van der Waals surface area contributed by atoms with Crippen LogP contribution in [0.3, 0.4) is 0 Å². The molecule has 3 N–H and O–H groups in total. The van der Waals surface area contributed by atoms with Crippen molar-refractivity contribution < 1.29 is 61.2 Å². The van der Waals surface area contributed by atoms with Gasteiger partial charge in [0.05, 0.1) is 70.7 Å². The molecule has 2 fully saturated rings. The maximum atomic E-state index is 14.1. The van der Waals surface area contributed by atoms with E-state index in [2.05, 4.69) is 21.5 Å². The largest absolute Gasteiger partial charge is 0.493 e. The van der Waals surface area contributed by atoms with Gasteiger partial charge in [-0.25, -0.2) is 4.98 Å². The number of esters is 1. The molecule has 0 saturated carbocycles. The number of likely N-dealkylation sites (tertiary alicyclic amines) is 1. The minimum Gasteiger partial charge on any atom is -0.493 e. The first kappa shape index (κ1) is 61.3. The Bertz CT molecular complexity index is 2910. The Morgan fingerprint density at radius 2 is 1.65 bits per heavy atom. The van der Waals surface area contributed by atoms with Crippen LogP contribution in [0.1, 0.15) is 108 Å². The number of rotatable bonds is 24. The summed E-state index contributed by atoms with van der Waals surface area (Å²) in [5.74, 6) is 0.366. The molecular weight excluding hydrogens is 1060 g/mol. The zero-order valence-corrected chi connectivity index (χ0v) is 46.8. The van der Waals surface area contributed by atoms with Crippen LogP contribution in [0, 0.1) is 36.0 Å². The van der Waals surface area contributed by atoms with Gasteiger partial charge in [0.1, 0.15) is 36.1 Å². The lowest BCUT2D eigenvalue weighted by atomic mass is 9.85. The van der Waals surface area contributed by atoms with E-state index in [0.717, 1.165) is 38.7 Å². The van der Waals surface area contributed by atoms with Gasteiger partial charge in [0.2, 0.25) is 17.7 Å². The molecule has 0 radical (unpaired) electrons. The van der Waals surface area contributed by atoms with Crippen LogP contribution < -0.4 is 25.2 Å². The van der Waals surface area contributed by atoms with Crippen LogP contribution in [0.5, 0.6) is 5.75 Å². The Balaban J connectivity index is 0.936. The average molecular weight is 1130 g/mol. The number of benzene rings is 3. The molecule has 0 spiro atoms. The number of thiazole rings is 1. The van der Waals surface area contributed by atoms with Crippen molar-refractivity contribution in [1.29, 1.82) is 5.26 Å². The summed E-state index contributed by atoms with van der Waals surface area (Å²) in [6.07, 6.45) is 0.288. The number of β-amino-alcohol motifs (C(OH)–C–C–N with tert-alkyl or cyclic N) is 1. The minimum absolute atomic E-state index is 0.0268. The van der Waals surface area contributed by atoms with Crippen molar-refractivity contribution in [2.24, 2.45) is 5.41 Å². The van der Waals surface area contributed by atoms with Gasteiger partial charge in [-0.15, -0.1) is 23.7 Å². The predicted molar refractivity (Wildman–Crippen MR) is 295 cm³/mol. The third-order valence-electron chi connectivity index (χ3n) is 13.4. The number of alkyl halides is 3. The van der Waals surface area contributed by atoms with Gasteiger partial charge in [-0.05, 0) is 105 Å². The smallest absolute Gasteiger partial charge is 0.417 e. The minimum atomic E-state index is -4.84. The number of hydrogen-bond acceptors (Lipinski definition) is 14. The lowest BCUT2D eigenvalue weighted by Crippen LogP contribution is -2.58. The van der Waals surface area contributed by atoms with Crippen molar-refractivity contribution in [2.45, 2.75) is 129 Å². The van der Waals surface area contributed by atoms with Crippen LogP contribution in [-0.2, 0) is 44.4 Å². The third-order valence-corrected chi connectivity index (χ3v) is 14.7. The number of ether oxygens (including phenoxy) is 4. The molecule has 0 aliphatic carbocycles. The average Bonchev–Trinajstić information content (AvgIpc) is 4.18. The van der Waals surface area contributed by atoms with Crippen LogP contribution in [0.15, 0.2) is 72.2 Å². The monoisotopic (exact) mass is 1130 g/mol. The van der Waals surface area contributed by atoms with Crippen LogP contribution in [0.4, 0.5) is 24.5 Å². The van der Waals surface area contributed by atoms with Crippen molar-refractivity contribution >= 4 is 69.6 Å². The maximum Gasteiger partial charge on any atom is 0.417 e. The van der Waals surface area contributed by atoms with Gasteiger partial charge in [-0.2, -0.15) is 18.4 Å². The van der Waals surface area contributed by atoms with Crippen molar-refractivity contribution in [3.05, 3.63) is 94.6 Å². The maximum absolute atomic E-state index is 14.1. The Morgan fingerprint density at radius 3 is 2.28 bits per heavy atom. The number of amides is 4. The SMILES string of the molecule is C#CCCC(=O)OC(CCOCCCOCC(=O)NC(C(=O)N1C[C@H](O)C[C@H]1C(=O)NC(C)c1ccc(-c2scnc2C)cc1)C(C)(C)C)CCOc1ccc(N2C(=S)N(c3ccc(C#N)c(C(F)(F)F)c3)C(=O)C2(C)C)cc1. The van der Waals surface area contributed by atoms with Crippen molar-refractivity contribution in [2.75, 3.05) is 49.4 Å². The first-order valence-corrected chi connectivity index (χ1v) is 27.0. The van der Waals surface area contributed by atoms with Gasteiger partial charge in [0.25, 0.3) is 5.91 Å². The van der Waals surface area contributed by atoms with E-state index in [9.17, 15) is 47.5 Å². The number of terminal acetylenes is 1. The number of aryl methyl sites for hydroxylation is 1. The molecule has 1 aromatic heterocycles. The van der Waals surface area contributed by atoms with Gasteiger partial charge in [-0.3, -0.25) is 28.9 Å². The summed E-state index contributed by atoms with van der Waals surface area (Å²) in [5, 5.41) is 25.6. The highest BCUT2D eigenvalue weighted by Crippen LogP contribution is 2.40. The molecule has 2 aliphatic heterocycles. The molecule has 5 atom stereocenters. The van der Waals surface area contributed by atoms with Crippen LogP contribution in [0.25, 0.3) is 10.4 Å². The molecule has 22 heteroatoms. The lowest BCUT2D eigenvalue weighted by Gasteiger charge is -2.35. The number of carbonyl (C=O) groups excluding carboxylic acids is 5. The third kappa shape index (κ3) is 15.7. The molecule has 2 saturated heterocycles. The summed E-state index contributed by atoms with van der Waals surface area (Å²) in [7, 11) is 0. The number of aliphatic hydroxyl groups excluding tert-OH is 1. The highest BCUT2D eigenvalue weighted by Gasteiger charge is 2.51. The van der Waals surface area contributed by atoms with Crippen LogP contribution >= 0.6 is 23.6 Å². The fourth-order valence-corrected chi connectivity index (χ4v) is 10.4. The summed E-state index contributed by atoms with van der Waals surface area (Å²) >= 11 is 7.20. The zero-order valence-electron chi connectivity index (χ0n) is 45.2. The molecule has 0 bridgehead atoms. The van der Waals surface area contributed by atoms with Crippen LogP contribution in [-0.4, -0.2) is 119 Å². The zero-order chi connectivity index (χ0) is 57.8. The van der Waals surface area contributed by atoms with E-state index in [-0.39, 0.29) is 76.1 Å². The molecule has 3 unspecified atom stereocenters. The van der Waals surface area contributed by atoms with E-state index in [0.29, 0.717) is 24.3 Å². The van der Waals surface area contributed by atoms with E-state index in [1.165, 1.54) is 21.9 Å². The number of nitriles is 1. The summed E-state index contributed by atoms with van der Waals surface area (Å²) in [5.41, 5.74) is 1.14. The standard InChI is InChI=1S/C57H66F3N7O10S2/c1-9-10-12-48(70)77-44(24-28-76-43-21-19-40(20-22-43)67-54(78)66(53(73)56(67,7)8)41-18-17-39(31-61)45(29-41)57(58,59)60)23-27-74-25-11-26-75-33-47(69)64-50(55(4,5)6)52(72)65-32-42(68)30-46(65)51(71)63-35(2)37-13-15-38(16-14-37)49-36(3)62-34-79-49/h1,13-22,29,34-35,42,44,46,50,68H,10-12,23-28,30,32-33H2,2-8H3,(H,63,71)(H,64,69)/t35?,42-,44?,46+,50?/m1/s1. The Morgan fingerprint density at radius 1 is 0.975 bits per heavy atom. The second-order valence-electron chi connectivity index (χ2n) is 20.8. The van der Waals surface area contributed by atoms with Crippen molar-refractivity contribution in [1.82, 2.24) is 20.5 Å². The lowest BCUT2D eigenvalue weighted by molar-refractivity contribution is -0.150. The predicted octanol–water partition coefficient (Wildman–Crippen LogP) is 8.20. The number of aromatic nitrogens is 1. The fourth-order valence-electron chi connectivity index (χ4n) is 9.10. The van der Waals surface area contributed by atoms with E-state index < -0.39 is 88.2 Å². The molecule has 6 rings (SSSR count). The fraction of sp³-hybridized carbons (Fsp3) is 0.474. The number of carbonyl (C=O) groups is 5. The quantitative estimate of drug-likeness (QED) is 0.0261. The van der Waals surface area contributed by atoms with Gasteiger partial charge >= 0.3 is 12.1 Å². The van der Waals surface area contributed by atoms with Gasteiger partial charge in [-0.1, -0.05) is 45.0 Å². The molecule has 2 aliphatic rings. The number of anilines is 2. The van der Waals surface area contributed by atoms with E-state index in [4.69, 9.17) is 37.6 Å². The highest BCUT2D eigenvalue weighted by atomic mass is 32.1. The van der Waals surface area contributed by atoms with Gasteiger partial charge in [0, 0.05) is 51.1 Å². The number of halogens is 3. The van der Waals surface area contributed by atoms with E-state index in [1.54, 1.807) is 75.7 Å².